The molecule has 1 heterocycles. The largest absolute Gasteiger partial charge is 0.369 e. The van der Waals surface area contributed by atoms with Gasteiger partial charge in [0, 0.05) is 24.8 Å². The Hall–Kier alpha value is -1.62. The van der Waals surface area contributed by atoms with Gasteiger partial charge >= 0.3 is 0 Å². The minimum atomic E-state index is -0.590. The number of halogens is 1. The Morgan fingerprint density at radius 3 is 2.94 bits per heavy atom. The molecule has 3 N–H and O–H groups in total. The number of carbonyl (C=O) groups is 1. The Morgan fingerprint density at radius 1 is 1.59 bits per heavy atom. The van der Waals surface area contributed by atoms with Gasteiger partial charge in [-0.3, -0.25) is 4.79 Å². The molecule has 1 unspecified atom stereocenters. The second-order valence-electron chi connectivity index (χ2n) is 4.25. The number of nitrogens with one attached hydrogen (secondary N) is 1. The van der Waals surface area contributed by atoms with Crippen LogP contribution in [0.5, 0.6) is 0 Å². The molecule has 1 aromatic rings. The Balaban J connectivity index is 2.29. The molecule has 17 heavy (non-hydrogen) atoms. The smallest absolute Gasteiger partial charge is 0.250 e. The maximum atomic E-state index is 13.1. The van der Waals surface area contributed by atoms with Crippen LogP contribution in [0.25, 0.3) is 0 Å². The first-order valence-electron chi connectivity index (χ1n) is 5.63. The molecule has 1 amide bonds. The van der Waals surface area contributed by atoms with E-state index in [0.717, 1.165) is 25.2 Å². The van der Waals surface area contributed by atoms with Crippen LogP contribution in [-0.4, -0.2) is 32.1 Å². The second kappa shape index (κ2) is 4.71. The van der Waals surface area contributed by atoms with E-state index in [4.69, 9.17) is 5.73 Å². The molecule has 1 aromatic carbocycles. The van der Waals surface area contributed by atoms with Gasteiger partial charge in [-0.1, -0.05) is 0 Å². The van der Waals surface area contributed by atoms with Crippen molar-refractivity contribution >= 4 is 11.6 Å². The van der Waals surface area contributed by atoms with Gasteiger partial charge in [-0.05, 0) is 31.7 Å². The Labute approximate surface area is 99.6 Å². The minimum Gasteiger partial charge on any atom is -0.369 e. The van der Waals surface area contributed by atoms with E-state index in [1.807, 2.05) is 7.05 Å². The van der Waals surface area contributed by atoms with E-state index in [1.54, 1.807) is 6.07 Å². The number of hydrogen-bond acceptors (Lipinski definition) is 3. The fourth-order valence-corrected chi connectivity index (χ4v) is 2.20. The summed E-state index contributed by atoms with van der Waals surface area (Å²) in [4.78, 5) is 13.4. The van der Waals surface area contributed by atoms with E-state index in [0.29, 0.717) is 6.04 Å². The minimum absolute atomic E-state index is 0.252. The van der Waals surface area contributed by atoms with E-state index in [2.05, 4.69) is 10.2 Å². The third-order valence-corrected chi connectivity index (χ3v) is 3.16. The average molecular weight is 237 g/mol. The normalized spacial score (nSPS) is 19.6. The number of likely N-dealkylation sites (N-methyl/N-ethyl adjacent to an activating group) is 1. The van der Waals surface area contributed by atoms with Crippen molar-refractivity contribution in [3.05, 3.63) is 29.6 Å². The first kappa shape index (κ1) is 11.9. The summed E-state index contributed by atoms with van der Waals surface area (Å²) in [7, 11) is 1.91. The lowest BCUT2D eigenvalue weighted by Gasteiger charge is -2.21. The number of anilines is 1. The van der Waals surface area contributed by atoms with Gasteiger partial charge in [-0.2, -0.15) is 0 Å². The average Bonchev–Trinajstić information content (AvgIpc) is 2.77. The standard InChI is InChI=1S/C12H16FN3O/c1-15-9-4-5-16(7-9)11-3-2-8(13)6-10(11)12(14)17/h2-3,6,9,15H,4-5,7H2,1H3,(H2,14,17). The van der Waals surface area contributed by atoms with Crippen LogP contribution in [0, 0.1) is 5.82 Å². The molecule has 0 spiro atoms. The van der Waals surface area contributed by atoms with Crippen LogP contribution in [0.2, 0.25) is 0 Å². The molecule has 1 aliphatic rings. The van der Waals surface area contributed by atoms with Gasteiger partial charge in [-0.25, -0.2) is 4.39 Å². The predicted molar refractivity (Wildman–Crippen MR) is 64.6 cm³/mol. The molecule has 1 fully saturated rings. The van der Waals surface area contributed by atoms with Crippen molar-refractivity contribution in [3.8, 4) is 0 Å². The molecule has 0 radical (unpaired) electrons. The maximum Gasteiger partial charge on any atom is 0.250 e. The van der Waals surface area contributed by atoms with Crippen molar-refractivity contribution in [2.75, 3.05) is 25.0 Å². The summed E-state index contributed by atoms with van der Waals surface area (Å²) in [5.74, 6) is -1.03. The van der Waals surface area contributed by atoms with Crippen LogP contribution in [0.4, 0.5) is 10.1 Å². The third kappa shape index (κ3) is 2.39. The summed E-state index contributed by atoms with van der Waals surface area (Å²) in [6.07, 6.45) is 1.01. The van der Waals surface area contributed by atoms with E-state index in [9.17, 15) is 9.18 Å². The summed E-state index contributed by atoms with van der Waals surface area (Å²) >= 11 is 0. The lowest BCUT2D eigenvalue weighted by Crippen LogP contribution is -2.30. The van der Waals surface area contributed by atoms with Gasteiger partial charge in [0.2, 0.25) is 0 Å². The van der Waals surface area contributed by atoms with Gasteiger partial charge in [0.05, 0.1) is 5.56 Å². The molecule has 1 aliphatic heterocycles. The van der Waals surface area contributed by atoms with Crippen LogP contribution < -0.4 is 16.0 Å². The number of hydrogen-bond donors (Lipinski definition) is 2. The summed E-state index contributed by atoms with van der Waals surface area (Å²) in [6, 6.07) is 4.58. The van der Waals surface area contributed by atoms with Crippen LogP contribution in [-0.2, 0) is 0 Å². The summed E-state index contributed by atoms with van der Waals surface area (Å²) < 4.78 is 13.1. The fourth-order valence-electron chi connectivity index (χ4n) is 2.20. The molecule has 1 atom stereocenters. The lowest BCUT2D eigenvalue weighted by atomic mass is 10.1. The van der Waals surface area contributed by atoms with Crippen LogP contribution in [0.15, 0.2) is 18.2 Å². The zero-order valence-corrected chi connectivity index (χ0v) is 9.74. The van der Waals surface area contributed by atoms with Gasteiger partial charge in [0.15, 0.2) is 0 Å². The number of benzene rings is 1. The third-order valence-electron chi connectivity index (χ3n) is 3.16. The molecule has 2 rings (SSSR count). The van der Waals surface area contributed by atoms with Gasteiger partial charge in [0.25, 0.3) is 5.91 Å². The zero-order valence-electron chi connectivity index (χ0n) is 9.74. The van der Waals surface area contributed by atoms with E-state index < -0.39 is 11.7 Å². The highest BCUT2D eigenvalue weighted by molar-refractivity contribution is 5.98. The summed E-state index contributed by atoms with van der Waals surface area (Å²) in [5, 5.41) is 3.19. The van der Waals surface area contributed by atoms with Gasteiger partial charge in [-0.15, -0.1) is 0 Å². The highest BCUT2D eigenvalue weighted by atomic mass is 19.1. The van der Waals surface area contributed by atoms with Crippen LogP contribution in [0.3, 0.4) is 0 Å². The molecule has 0 aliphatic carbocycles. The first-order valence-corrected chi connectivity index (χ1v) is 5.63. The van der Waals surface area contributed by atoms with Crippen molar-refractivity contribution in [2.45, 2.75) is 12.5 Å². The summed E-state index contributed by atoms with van der Waals surface area (Å²) in [6.45, 7) is 1.65. The highest BCUT2D eigenvalue weighted by Crippen LogP contribution is 2.25. The molecular formula is C12H16FN3O. The van der Waals surface area contributed by atoms with Crippen molar-refractivity contribution in [3.63, 3.8) is 0 Å². The second-order valence-corrected chi connectivity index (χ2v) is 4.25. The quantitative estimate of drug-likeness (QED) is 0.814. The summed E-state index contributed by atoms with van der Waals surface area (Å²) in [5.41, 5.74) is 6.24. The predicted octanol–water partition coefficient (Wildman–Crippen LogP) is 0.723. The molecule has 0 aromatic heterocycles. The lowest BCUT2D eigenvalue weighted by molar-refractivity contribution is 0.100. The first-order chi connectivity index (χ1) is 8.11. The Morgan fingerprint density at radius 2 is 2.35 bits per heavy atom. The van der Waals surface area contributed by atoms with E-state index in [-0.39, 0.29) is 5.56 Å². The highest BCUT2D eigenvalue weighted by Gasteiger charge is 2.24. The molecule has 0 saturated carbocycles. The molecule has 4 nitrogen and oxygen atoms in total. The monoisotopic (exact) mass is 237 g/mol. The molecule has 0 bridgehead atoms. The molecule has 5 heteroatoms. The van der Waals surface area contributed by atoms with Gasteiger partial charge in [0.1, 0.15) is 5.82 Å². The number of amides is 1. The van der Waals surface area contributed by atoms with E-state index in [1.165, 1.54) is 12.1 Å². The van der Waals surface area contributed by atoms with Crippen LogP contribution in [0.1, 0.15) is 16.8 Å². The van der Waals surface area contributed by atoms with Crippen molar-refractivity contribution in [2.24, 2.45) is 5.73 Å². The van der Waals surface area contributed by atoms with Crippen molar-refractivity contribution < 1.29 is 9.18 Å². The maximum absolute atomic E-state index is 13.1. The number of nitrogens with zero attached hydrogens (tertiary/aromatic N) is 1. The topological polar surface area (TPSA) is 58.4 Å². The molecule has 92 valence electrons. The number of nitrogens with two attached hydrogens (primary N) is 1. The van der Waals surface area contributed by atoms with Crippen molar-refractivity contribution in [1.82, 2.24) is 5.32 Å². The van der Waals surface area contributed by atoms with Crippen LogP contribution >= 0.6 is 0 Å². The fraction of sp³-hybridized carbons (Fsp3) is 0.417. The van der Waals surface area contributed by atoms with Crippen molar-refractivity contribution in [1.29, 1.82) is 0 Å². The number of primary amides is 1. The van der Waals surface area contributed by atoms with E-state index >= 15 is 0 Å². The number of rotatable bonds is 3. The molecule has 1 saturated heterocycles. The van der Waals surface area contributed by atoms with Gasteiger partial charge < -0.3 is 16.0 Å². The zero-order chi connectivity index (χ0) is 12.4. The number of carbonyl (C=O) groups excluding carboxylic acids is 1. The SMILES string of the molecule is CNC1CCN(c2ccc(F)cc2C(N)=O)C1. The molecular weight excluding hydrogens is 221 g/mol. The Kier molecular flexibility index (Phi) is 3.28. The Bertz CT molecular complexity index is 436.